The van der Waals surface area contributed by atoms with Crippen molar-refractivity contribution in [2.24, 2.45) is 17.8 Å². The second-order valence-electron chi connectivity index (χ2n) is 5.18. The van der Waals surface area contributed by atoms with Crippen molar-refractivity contribution >= 4 is 35.3 Å². The van der Waals surface area contributed by atoms with Crippen LogP contribution in [0.5, 0.6) is 0 Å². The first-order chi connectivity index (χ1) is 8.29. The third-order valence-corrected chi connectivity index (χ3v) is 9.40. The Morgan fingerprint density at radius 2 is 2.00 bits per heavy atom. The normalized spacial score (nSPS) is 39.8. The van der Waals surface area contributed by atoms with Gasteiger partial charge in [0.1, 0.15) is 0 Å². The summed E-state index contributed by atoms with van der Waals surface area (Å²) in [6.45, 7) is 0.383. The van der Waals surface area contributed by atoms with E-state index in [4.69, 9.17) is 0 Å². The van der Waals surface area contributed by atoms with E-state index in [0.29, 0.717) is 32.3 Å². The number of fused-ring (bicyclic) bond motifs is 2. The molecule has 17 heavy (non-hydrogen) atoms. The summed E-state index contributed by atoms with van der Waals surface area (Å²) in [7, 11) is 0. The first-order valence-corrected chi connectivity index (χ1v) is 9.02. The molecule has 2 aliphatic rings. The van der Waals surface area contributed by atoms with Crippen molar-refractivity contribution in [3.8, 4) is 0 Å². The maximum absolute atomic E-state index is 9.37. The fourth-order valence-electron chi connectivity index (χ4n) is 3.39. The van der Waals surface area contributed by atoms with Gasteiger partial charge < -0.3 is 0 Å². The van der Waals surface area contributed by atoms with Crippen LogP contribution in [0.25, 0.3) is 0 Å². The Bertz CT molecular complexity index is 379. The predicted octanol–water partition coefficient (Wildman–Crippen LogP) is 2.22. The van der Waals surface area contributed by atoms with Crippen molar-refractivity contribution in [2.75, 3.05) is 6.61 Å². The molecule has 0 unspecified atom stereocenters. The van der Waals surface area contributed by atoms with Gasteiger partial charge >= 0.3 is 118 Å². The van der Waals surface area contributed by atoms with E-state index in [-0.39, 0.29) is 0 Å². The molecule has 2 aliphatic carbocycles. The number of hydrogen-bond donors (Lipinski definition) is 1. The van der Waals surface area contributed by atoms with E-state index in [1.165, 1.54) is 17.3 Å². The molecule has 2 fully saturated rings. The van der Waals surface area contributed by atoms with Crippen molar-refractivity contribution < 1.29 is 5.11 Å². The van der Waals surface area contributed by atoms with Gasteiger partial charge in [0.15, 0.2) is 0 Å². The minimum atomic E-state index is 0.383. The number of halogens is 1. The van der Waals surface area contributed by atoms with E-state index >= 15 is 0 Å². The monoisotopic (exact) mass is 360 g/mol. The molecule has 0 saturated heterocycles. The molecule has 0 aromatic heterocycles. The van der Waals surface area contributed by atoms with E-state index in [0.717, 1.165) is 16.7 Å². The first kappa shape index (κ1) is 12.2. The van der Waals surface area contributed by atoms with Crippen molar-refractivity contribution in [1.29, 1.82) is 0 Å². The average Bonchev–Trinajstić information content (AvgIpc) is 2.91. The third kappa shape index (κ3) is 2.23. The van der Waals surface area contributed by atoms with Crippen LogP contribution in [0, 0.1) is 17.8 Å². The van der Waals surface area contributed by atoms with Gasteiger partial charge in [0.2, 0.25) is 0 Å². The summed E-state index contributed by atoms with van der Waals surface area (Å²) in [4.78, 5) is 1.47. The topological polar surface area (TPSA) is 20.2 Å². The second kappa shape index (κ2) is 5.05. The summed E-state index contributed by atoms with van der Waals surface area (Å²) in [5.74, 6) is 2.13. The quantitative estimate of drug-likeness (QED) is 0.648. The molecular formula is C14H17BrOSe. The molecule has 0 radical (unpaired) electrons. The zero-order chi connectivity index (χ0) is 11.8. The molecular weight excluding hydrogens is 343 g/mol. The summed E-state index contributed by atoms with van der Waals surface area (Å²) in [6, 6.07) is 10.9. The zero-order valence-corrected chi connectivity index (χ0v) is 12.9. The number of hydrogen-bond acceptors (Lipinski definition) is 1. The van der Waals surface area contributed by atoms with Crippen LogP contribution >= 0.6 is 15.9 Å². The van der Waals surface area contributed by atoms with E-state index in [2.05, 4.69) is 46.3 Å². The van der Waals surface area contributed by atoms with Crippen LogP contribution in [0.1, 0.15) is 12.8 Å². The standard InChI is InChI=1S/C14H17BrOSe/c15-13-12-7-9(6-10(12)8-16)14(13)17-11-4-2-1-3-5-11/h1-5,9-10,12-14,16H,6-8H2/t9-,10+,12-,13+,14+/m1/s1. The van der Waals surface area contributed by atoms with Crippen LogP contribution in [0.3, 0.4) is 0 Å². The molecule has 1 nitrogen and oxygen atoms in total. The van der Waals surface area contributed by atoms with Crippen LogP contribution in [0.2, 0.25) is 4.82 Å². The first-order valence-electron chi connectivity index (χ1n) is 6.26. The summed E-state index contributed by atoms with van der Waals surface area (Å²) in [6.07, 6.45) is 2.59. The van der Waals surface area contributed by atoms with Crippen molar-refractivity contribution in [3.05, 3.63) is 30.3 Å². The molecule has 2 saturated carbocycles. The van der Waals surface area contributed by atoms with E-state index in [1.54, 1.807) is 0 Å². The molecule has 0 aliphatic heterocycles. The Hall–Kier alpha value is 0.179. The van der Waals surface area contributed by atoms with Gasteiger partial charge in [-0.2, -0.15) is 0 Å². The molecule has 0 amide bonds. The van der Waals surface area contributed by atoms with Gasteiger partial charge in [-0.1, -0.05) is 0 Å². The Morgan fingerprint density at radius 1 is 1.24 bits per heavy atom. The number of aliphatic hydroxyl groups excluding tert-OH is 1. The molecule has 3 heteroatoms. The van der Waals surface area contributed by atoms with Gasteiger partial charge in [0.25, 0.3) is 0 Å². The summed E-state index contributed by atoms with van der Waals surface area (Å²) >= 11 is 4.48. The Labute approximate surface area is 117 Å². The maximum atomic E-state index is 9.37. The Morgan fingerprint density at radius 3 is 2.65 bits per heavy atom. The zero-order valence-electron chi connectivity index (χ0n) is 9.63. The molecule has 1 aromatic carbocycles. The van der Waals surface area contributed by atoms with Crippen molar-refractivity contribution in [3.63, 3.8) is 0 Å². The van der Waals surface area contributed by atoms with Gasteiger partial charge in [-0.05, 0) is 0 Å². The van der Waals surface area contributed by atoms with Crippen LogP contribution < -0.4 is 4.46 Å². The van der Waals surface area contributed by atoms with Crippen LogP contribution in [-0.2, 0) is 0 Å². The minimum absolute atomic E-state index is 0.383. The van der Waals surface area contributed by atoms with Crippen molar-refractivity contribution in [2.45, 2.75) is 22.5 Å². The van der Waals surface area contributed by atoms with Gasteiger partial charge in [0, 0.05) is 0 Å². The van der Waals surface area contributed by atoms with Gasteiger partial charge in [-0.3, -0.25) is 0 Å². The van der Waals surface area contributed by atoms with Crippen molar-refractivity contribution in [1.82, 2.24) is 0 Å². The molecule has 5 atom stereocenters. The molecule has 1 aromatic rings. The summed E-state index contributed by atoms with van der Waals surface area (Å²) in [5, 5.41) is 9.37. The molecule has 1 N–H and O–H groups in total. The summed E-state index contributed by atoms with van der Waals surface area (Å²) < 4.78 is 1.52. The van der Waals surface area contributed by atoms with Gasteiger partial charge in [-0.15, -0.1) is 0 Å². The second-order valence-corrected chi connectivity index (χ2v) is 8.86. The summed E-state index contributed by atoms with van der Waals surface area (Å²) in [5.41, 5.74) is 0. The molecule has 3 rings (SSSR count). The number of aliphatic hydroxyl groups is 1. The SMILES string of the molecule is OC[C@@H]1C[C@@H]2C[C@H]1[C@H](Br)[C@H]2[Se]c1ccccc1. The number of rotatable bonds is 3. The third-order valence-electron chi connectivity index (χ3n) is 4.22. The van der Waals surface area contributed by atoms with Crippen LogP contribution in [-0.4, -0.2) is 31.5 Å². The van der Waals surface area contributed by atoms with Crippen LogP contribution in [0.4, 0.5) is 0 Å². The van der Waals surface area contributed by atoms with E-state index < -0.39 is 0 Å². The predicted molar refractivity (Wildman–Crippen MR) is 75.1 cm³/mol. The van der Waals surface area contributed by atoms with Gasteiger partial charge in [0.05, 0.1) is 0 Å². The van der Waals surface area contributed by atoms with E-state index in [1.807, 2.05) is 0 Å². The van der Waals surface area contributed by atoms with E-state index in [9.17, 15) is 5.11 Å². The molecule has 0 heterocycles. The molecule has 92 valence electrons. The fourth-order valence-corrected chi connectivity index (χ4v) is 7.92. The number of alkyl halides is 1. The Kier molecular flexibility index (Phi) is 3.63. The van der Waals surface area contributed by atoms with Crippen LogP contribution in [0.15, 0.2) is 30.3 Å². The molecule has 2 bridgehead atoms. The fraction of sp³-hybridized carbons (Fsp3) is 0.571. The Balaban J connectivity index is 1.71. The molecule has 0 spiro atoms. The van der Waals surface area contributed by atoms with Gasteiger partial charge in [-0.25, -0.2) is 0 Å². The number of benzene rings is 1. The average molecular weight is 360 g/mol.